The van der Waals surface area contributed by atoms with Gasteiger partial charge in [0.1, 0.15) is 18.8 Å². The van der Waals surface area contributed by atoms with Gasteiger partial charge >= 0.3 is 24.0 Å². The first-order valence-electron chi connectivity index (χ1n) is 26.4. The van der Waals surface area contributed by atoms with Crippen LogP contribution in [0.2, 0.25) is 0 Å². The Balaban J connectivity index is 2.44. The van der Waals surface area contributed by atoms with Crippen molar-refractivity contribution in [1.29, 1.82) is 0 Å². The minimum absolute atomic E-state index is 0.0823. The van der Waals surface area contributed by atoms with Crippen LogP contribution in [-0.4, -0.2) is 82.8 Å². The van der Waals surface area contributed by atoms with Crippen molar-refractivity contribution in [2.24, 2.45) is 0 Å². The number of carboxylic acids is 2. The molecular weight excluding hydrogens is 871 g/mol. The van der Waals surface area contributed by atoms with Crippen molar-refractivity contribution in [3.63, 3.8) is 0 Å². The van der Waals surface area contributed by atoms with Gasteiger partial charge in [0.25, 0.3) is 5.91 Å². The van der Waals surface area contributed by atoms with Crippen LogP contribution in [0, 0.1) is 0 Å². The average molecular weight is 962 g/mol. The maximum absolute atomic E-state index is 12.9. The first-order valence-corrected chi connectivity index (χ1v) is 27.5. The van der Waals surface area contributed by atoms with Crippen LogP contribution in [0.4, 0.5) is 10.5 Å². The number of carbonyl (C=O) groups excluding carboxylic acids is 4. The monoisotopic (exact) mass is 962 g/mol. The number of aliphatic carboxylic acids is 2. The molecule has 14 heteroatoms. The van der Waals surface area contributed by atoms with Crippen LogP contribution in [0.5, 0.6) is 0 Å². The van der Waals surface area contributed by atoms with Gasteiger partial charge in [-0.25, -0.2) is 9.59 Å². The molecule has 1 aromatic rings. The third kappa shape index (κ3) is 37.8. The average Bonchev–Trinajstić information content (AvgIpc) is 3.30. The smallest absolute Gasteiger partial charge is 0.407 e. The molecule has 0 spiro atoms. The van der Waals surface area contributed by atoms with Crippen molar-refractivity contribution in [2.75, 3.05) is 30.0 Å². The number of amides is 3. The maximum atomic E-state index is 12.9. The summed E-state index contributed by atoms with van der Waals surface area (Å²) in [5, 5.41) is 26.1. The highest BCUT2D eigenvalue weighted by Crippen LogP contribution is 2.17. The van der Waals surface area contributed by atoms with Crippen LogP contribution >= 0.6 is 11.8 Å². The fourth-order valence-electron chi connectivity index (χ4n) is 7.81. The molecule has 2 atom stereocenters. The maximum Gasteiger partial charge on any atom is 0.407 e. The summed E-state index contributed by atoms with van der Waals surface area (Å²) in [6, 6.07) is 4.55. The van der Waals surface area contributed by atoms with Gasteiger partial charge in [-0.3, -0.25) is 19.2 Å². The van der Waals surface area contributed by atoms with E-state index in [0.717, 1.165) is 38.5 Å². The Bertz CT molecular complexity index is 1450. The largest absolute Gasteiger partial charge is 0.481 e. The second-order valence-corrected chi connectivity index (χ2v) is 19.3. The Morgan fingerprint density at radius 2 is 1.04 bits per heavy atom. The molecule has 0 aliphatic carbocycles. The van der Waals surface area contributed by atoms with E-state index in [1.54, 1.807) is 0 Å². The highest BCUT2D eigenvalue weighted by atomic mass is 32.2. The number of carbonyl (C=O) groups is 6. The van der Waals surface area contributed by atoms with E-state index < -0.39 is 42.5 Å². The summed E-state index contributed by atoms with van der Waals surface area (Å²) in [5.74, 6) is -3.01. The molecule has 0 fully saturated rings. The Morgan fingerprint density at radius 3 is 1.51 bits per heavy atom. The van der Waals surface area contributed by atoms with Crippen molar-refractivity contribution in [1.82, 2.24) is 10.6 Å². The molecule has 1 aromatic carbocycles. The lowest BCUT2D eigenvalue weighted by molar-refractivity contribution is -0.150. The lowest BCUT2D eigenvalue weighted by atomic mass is 10.0. The third-order valence-corrected chi connectivity index (χ3v) is 13.0. The summed E-state index contributed by atoms with van der Waals surface area (Å²) in [7, 11) is 0. The van der Waals surface area contributed by atoms with Gasteiger partial charge < -0.3 is 35.6 Å². The highest BCUT2D eigenvalue weighted by Gasteiger charge is 2.22. The number of carboxylic acid groups (broad SMARTS) is 2. The molecular formula is C53H91N3O10S. The van der Waals surface area contributed by atoms with Gasteiger partial charge in [-0.2, -0.15) is 11.8 Å². The number of hydrogen-bond acceptors (Lipinski definition) is 9. The highest BCUT2D eigenvalue weighted by molar-refractivity contribution is 7.99. The first kappa shape index (κ1) is 61.2. The van der Waals surface area contributed by atoms with Crippen molar-refractivity contribution in [3.05, 3.63) is 29.8 Å². The van der Waals surface area contributed by atoms with Crippen molar-refractivity contribution in [3.8, 4) is 0 Å². The number of benzene rings is 1. The minimum Gasteiger partial charge on any atom is -0.481 e. The molecule has 0 heterocycles. The van der Waals surface area contributed by atoms with E-state index in [2.05, 4.69) is 29.8 Å². The standard InChI is InChI=1S/C53H91N3O10S/c1-3-5-7-9-11-13-15-17-18-19-21-23-25-27-29-31-40-54-53(64)65-42-46(66-50(60)32-30-28-26-24-22-20-16-14-12-10-8-6-4-2)43-67-41-39-48(57)55-45-35-33-44(34-36-45)51(61)56-47(52(62)63)37-38-49(58)59/h33-36,46-47H,3-32,37-43H2,1-2H3,(H,54,64)(H,55,57)(H,56,61)(H,58,59)(H,62,63)/t46?,47-/m0/s1. The predicted molar refractivity (Wildman–Crippen MR) is 272 cm³/mol. The fourth-order valence-corrected chi connectivity index (χ4v) is 8.73. The number of thioether (sulfide) groups is 1. The molecule has 1 rings (SSSR count). The van der Waals surface area contributed by atoms with Crippen LogP contribution in [0.25, 0.3) is 0 Å². The van der Waals surface area contributed by atoms with Gasteiger partial charge in [0.2, 0.25) is 5.91 Å². The molecule has 67 heavy (non-hydrogen) atoms. The van der Waals surface area contributed by atoms with Gasteiger partial charge in [-0.05, 0) is 43.5 Å². The van der Waals surface area contributed by atoms with Gasteiger partial charge in [0, 0.05) is 48.6 Å². The number of hydrogen-bond donors (Lipinski definition) is 5. The SMILES string of the molecule is CCCCCCCCCCCCCCCCCCNC(=O)OCC(CSCCC(=O)Nc1ccc(C(=O)N[C@@H](CCC(=O)O)C(=O)O)cc1)OC(=O)CCCCCCCCCCCCCCC. The van der Waals surface area contributed by atoms with Gasteiger partial charge in [-0.1, -0.05) is 187 Å². The molecule has 0 aliphatic heterocycles. The lowest BCUT2D eigenvalue weighted by Gasteiger charge is -2.18. The van der Waals surface area contributed by atoms with E-state index >= 15 is 0 Å². The summed E-state index contributed by atoms with van der Waals surface area (Å²) >= 11 is 1.41. The van der Waals surface area contributed by atoms with Crippen molar-refractivity contribution < 1.29 is 48.5 Å². The zero-order chi connectivity index (χ0) is 49.0. The van der Waals surface area contributed by atoms with E-state index in [1.165, 1.54) is 184 Å². The van der Waals surface area contributed by atoms with Crippen LogP contribution in [0.1, 0.15) is 236 Å². The molecule has 1 unspecified atom stereocenters. The second kappa shape index (κ2) is 43.5. The third-order valence-electron chi connectivity index (χ3n) is 11.9. The number of anilines is 1. The summed E-state index contributed by atoms with van der Waals surface area (Å²) < 4.78 is 11.3. The number of ether oxygens (including phenoxy) is 2. The van der Waals surface area contributed by atoms with Crippen molar-refractivity contribution in [2.45, 2.75) is 238 Å². The fraction of sp³-hybridized carbons (Fsp3) is 0.774. The Morgan fingerprint density at radius 1 is 0.582 bits per heavy atom. The normalized spacial score (nSPS) is 12.0. The van der Waals surface area contributed by atoms with E-state index in [-0.39, 0.29) is 36.9 Å². The molecule has 0 saturated carbocycles. The molecule has 0 saturated heterocycles. The molecule has 13 nitrogen and oxygen atoms in total. The second-order valence-electron chi connectivity index (χ2n) is 18.2. The zero-order valence-corrected chi connectivity index (χ0v) is 42.5. The number of esters is 1. The summed E-state index contributed by atoms with van der Waals surface area (Å²) in [5.41, 5.74) is 0.590. The first-order chi connectivity index (χ1) is 32.5. The molecule has 0 aliphatic rings. The predicted octanol–water partition coefficient (Wildman–Crippen LogP) is 13.2. The number of unbranched alkanes of at least 4 members (excludes halogenated alkanes) is 27. The van der Waals surface area contributed by atoms with E-state index in [1.807, 2.05) is 0 Å². The molecule has 0 aromatic heterocycles. The molecule has 5 N–H and O–H groups in total. The van der Waals surface area contributed by atoms with Crippen LogP contribution in [0.15, 0.2) is 24.3 Å². The zero-order valence-electron chi connectivity index (χ0n) is 41.7. The number of rotatable bonds is 46. The number of alkyl carbamates (subject to hydrolysis) is 1. The van der Waals surface area contributed by atoms with Gasteiger partial charge in [-0.15, -0.1) is 0 Å². The van der Waals surface area contributed by atoms with Crippen molar-refractivity contribution >= 4 is 53.3 Å². The quantitative estimate of drug-likeness (QED) is 0.0308. The van der Waals surface area contributed by atoms with Gasteiger partial charge in [0.15, 0.2) is 0 Å². The Kier molecular flexibility index (Phi) is 39.7. The number of nitrogens with one attached hydrogen (secondary N) is 3. The molecule has 0 radical (unpaired) electrons. The summed E-state index contributed by atoms with van der Waals surface area (Å²) in [6.07, 6.45) is 34.9. The van der Waals surface area contributed by atoms with Gasteiger partial charge in [0.05, 0.1) is 0 Å². The summed E-state index contributed by atoms with van der Waals surface area (Å²) in [6.45, 7) is 4.95. The lowest BCUT2D eigenvalue weighted by Crippen LogP contribution is -2.41. The van der Waals surface area contributed by atoms with Crippen LogP contribution < -0.4 is 16.0 Å². The van der Waals surface area contributed by atoms with Crippen LogP contribution in [-0.2, 0) is 28.7 Å². The Labute approximate surface area is 408 Å². The Hall–Kier alpha value is -3.81. The molecule has 384 valence electrons. The van der Waals surface area contributed by atoms with E-state index in [9.17, 15) is 33.9 Å². The molecule has 3 amide bonds. The van der Waals surface area contributed by atoms with E-state index in [0.29, 0.717) is 30.2 Å². The molecule has 0 bridgehead atoms. The van der Waals surface area contributed by atoms with Crippen LogP contribution in [0.3, 0.4) is 0 Å². The summed E-state index contributed by atoms with van der Waals surface area (Å²) in [4.78, 5) is 73.0. The minimum atomic E-state index is -1.35. The van der Waals surface area contributed by atoms with E-state index in [4.69, 9.17) is 14.6 Å². The topological polar surface area (TPSA) is 197 Å².